The van der Waals surface area contributed by atoms with Gasteiger partial charge < -0.3 is 10.2 Å². The van der Waals surface area contributed by atoms with Crippen LogP contribution in [0.3, 0.4) is 0 Å². The number of carbonyl (C=O) groups excluding carboxylic acids is 2. The van der Waals surface area contributed by atoms with Gasteiger partial charge in [-0.15, -0.1) is 0 Å². The van der Waals surface area contributed by atoms with Crippen LogP contribution in [0.4, 0.5) is 0 Å². The molecule has 0 radical (unpaired) electrons. The Hall–Kier alpha value is -3.66. The molecule has 0 heterocycles. The molecule has 4 heteroatoms. The summed E-state index contributed by atoms with van der Waals surface area (Å²) in [4.78, 5) is 28.8. The van der Waals surface area contributed by atoms with Crippen LogP contribution in [0, 0.1) is 11.8 Å². The fourth-order valence-corrected chi connectivity index (χ4v) is 4.35. The minimum atomic E-state index is -0.363. The average molecular weight is 439 g/mol. The zero-order chi connectivity index (χ0) is 22.9. The topological polar surface area (TPSA) is 49.4 Å². The van der Waals surface area contributed by atoms with E-state index in [-0.39, 0.29) is 23.7 Å². The Morgan fingerprint density at radius 3 is 1.64 bits per heavy atom. The van der Waals surface area contributed by atoms with Crippen molar-refractivity contribution in [1.82, 2.24) is 10.2 Å². The predicted octanol–water partition coefficient (Wildman–Crippen LogP) is 5.11. The second-order valence-corrected chi connectivity index (χ2v) is 8.52. The molecule has 1 aliphatic rings. The molecule has 2 unspecified atom stereocenters. The highest BCUT2D eigenvalue weighted by Gasteiger charge is 2.36. The molecule has 3 aromatic carbocycles. The average Bonchev–Trinajstić information content (AvgIpc) is 2.88. The smallest absolute Gasteiger partial charge is 0.227 e. The first-order valence-electron chi connectivity index (χ1n) is 11.5. The van der Waals surface area contributed by atoms with E-state index in [1.54, 1.807) is 0 Å². The van der Waals surface area contributed by atoms with Crippen LogP contribution in [-0.4, -0.2) is 16.7 Å². The van der Waals surface area contributed by atoms with E-state index in [0.717, 1.165) is 16.7 Å². The van der Waals surface area contributed by atoms with Crippen LogP contribution in [0.2, 0.25) is 0 Å². The molecule has 1 N–H and O–H groups in total. The molecule has 0 saturated heterocycles. The second kappa shape index (κ2) is 11.3. The molecule has 2 amide bonds. The Labute approximate surface area is 195 Å². The number of benzene rings is 3. The van der Waals surface area contributed by atoms with Crippen LogP contribution < -0.4 is 5.32 Å². The van der Waals surface area contributed by atoms with Gasteiger partial charge in [0.25, 0.3) is 0 Å². The van der Waals surface area contributed by atoms with Crippen LogP contribution in [0.5, 0.6) is 0 Å². The number of rotatable bonds is 8. The summed E-state index contributed by atoms with van der Waals surface area (Å²) in [5.74, 6) is -0.744. The van der Waals surface area contributed by atoms with Crippen LogP contribution in [0.25, 0.3) is 0 Å². The fourth-order valence-electron chi connectivity index (χ4n) is 4.35. The number of nitrogens with one attached hydrogen (secondary N) is 1. The van der Waals surface area contributed by atoms with Gasteiger partial charge >= 0.3 is 0 Å². The van der Waals surface area contributed by atoms with Crippen molar-refractivity contribution in [3.63, 3.8) is 0 Å². The summed E-state index contributed by atoms with van der Waals surface area (Å²) in [6.07, 6.45) is 5.23. The maximum atomic E-state index is 13.8. The van der Waals surface area contributed by atoms with Crippen molar-refractivity contribution in [2.75, 3.05) is 0 Å². The van der Waals surface area contributed by atoms with Crippen molar-refractivity contribution in [1.29, 1.82) is 0 Å². The fraction of sp³-hybridized carbons (Fsp3) is 0.241. The Morgan fingerprint density at radius 1 is 0.667 bits per heavy atom. The zero-order valence-electron chi connectivity index (χ0n) is 18.8. The van der Waals surface area contributed by atoms with Crippen molar-refractivity contribution in [2.24, 2.45) is 11.8 Å². The van der Waals surface area contributed by atoms with E-state index in [0.29, 0.717) is 32.5 Å². The number of carbonyl (C=O) groups is 2. The Kier molecular flexibility index (Phi) is 7.70. The molecule has 4 nitrogen and oxygen atoms in total. The molecule has 0 aliphatic heterocycles. The summed E-state index contributed by atoms with van der Waals surface area (Å²) in [7, 11) is 0. The Balaban J connectivity index is 1.50. The van der Waals surface area contributed by atoms with E-state index < -0.39 is 0 Å². The third-order valence-corrected chi connectivity index (χ3v) is 6.14. The van der Waals surface area contributed by atoms with Crippen molar-refractivity contribution in [3.05, 3.63) is 120 Å². The van der Waals surface area contributed by atoms with Gasteiger partial charge in [-0.1, -0.05) is 103 Å². The minimum absolute atomic E-state index is 0.0342. The number of hydrogen-bond acceptors (Lipinski definition) is 2. The summed E-state index contributed by atoms with van der Waals surface area (Å²) >= 11 is 0. The molecule has 4 rings (SSSR count). The largest absolute Gasteiger partial charge is 0.352 e. The first-order valence-corrected chi connectivity index (χ1v) is 11.5. The molecule has 0 spiro atoms. The van der Waals surface area contributed by atoms with Crippen molar-refractivity contribution in [2.45, 2.75) is 32.5 Å². The number of allylic oxidation sites excluding steroid dienone is 2. The van der Waals surface area contributed by atoms with Gasteiger partial charge in [0, 0.05) is 19.6 Å². The van der Waals surface area contributed by atoms with Gasteiger partial charge in [0.1, 0.15) is 0 Å². The summed E-state index contributed by atoms with van der Waals surface area (Å²) < 4.78 is 0. The summed E-state index contributed by atoms with van der Waals surface area (Å²) in [5.41, 5.74) is 3.21. The van der Waals surface area contributed by atoms with Crippen LogP contribution in [0.15, 0.2) is 103 Å². The molecule has 0 bridgehead atoms. The minimum Gasteiger partial charge on any atom is -0.352 e. The lowest BCUT2D eigenvalue weighted by Crippen LogP contribution is -2.44. The molecule has 0 saturated carbocycles. The van der Waals surface area contributed by atoms with Crippen LogP contribution >= 0.6 is 0 Å². The van der Waals surface area contributed by atoms with Crippen molar-refractivity contribution < 1.29 is 9.59 Å². The van der Waals surface area contributed by atoms with Crippen LogP contribution in [-0.2, 0) is 29.2 Å². The van der Waals surface area contributed by atoms with E-state index >= 15 is 0 Å². The van der Waals surface area contributed by atoms with E-state index in [1.807, 2.05) is 108 Å². The van der Waals surface area contributed by atoms with Gasteiger partial charge in [-0.25, -0.2) is 0 Å². The molecule has 1 aliphatic carbocycles. The van der Waals surface area contributed by atoms with Gasteiger partial charge in [-0.3, -0.25) is 9.59 Å². The van der Waals surface area contributed by atoms with Crippen molar-refractivity contribution >= 4 is 11.8 Å². The summed E-state index contributed by atoms with van der Waals surface area (Å²) in [6, 6.07) is 29.9. The normalized spacial score (nSPS) is 17.3. The zero-order valence-corrected chi connectivity index (χ0v) is 18.8. The summed E-state index contributed by atoms with van der Waals surface area (Å²) in [6.45, 7) is 1.51. The number of nitrogens with zero attached hydrogens (tertiary/aromatic N) is 1. The van der Waals surface area contributed by atoms with E-state index in [2.05, 4.69) is 5.32 Å². The highest BCUT2D eigenvalue weighted by Crippen LogP contribution is 2.29. The van der Waals surface area contributed by atoms with Gasteiger partial charge in [0.15, 0.2) is 0 Å². The molecule has 168 valence electrons. The first kappa shape index (κ1) is 22.5. The monoisotopic (exact) mass is 438 g/mol. The summed E-state index contributed by atoms with van der Waals surface area (Å²) in [5, 5.41) is 3.05. The van der Waals surface area contributed by atoms with Gasteiger partial charge in [-0.05, 0) is 29.5 Å². The lowest BCUT2D eigenvalue weighted by molar-refractivity contribution is -0.143. The Bertz CT molecular complexity index is 1020. The highest BCUT2D eigenvalue weighted by molar-refractivity contribution is 5.88. The van der Waals surface area contributed by atoms with Crippen LogP contribution in [0.1, 0.15) is 29.5 Å². The molecule has 33 heavy (non-hydrogen) atoms. The number of amides is 2. The molecular formula is C29H30N2O2. The third kappa shape index (κ3) is 6.19. The molecular weight excluding hydrogens is 408 g/mol. The van der Waals surface area contributed by atoms with E-state index in [9.17, 15) is 9.59 Å². The molecule has 0 aromatic heterocycles. The second-order valence-electron chi connectivity index (χ2n) is 8.52. The SMILES string of the molecule is O=C(NCc1ccccc1)C1CC=CCC1C(=O)N(Cc1ccccc1)Cc1ccccc1. The van der Waals surface area contributed by atoms with E-state index in [4.69, 9.17) is 0 Å². The standard InChI is InChI=1S/C29H30N2O2/c32-28(30-20-23-12-4-1-5-13-23)26-18-10-11-19-27(26)29(33)31(21-24-14-6-2-7-15-24)22-25-16-8-3-9-17-25/h1-17,26-27H,18-22H2,(H,30,32). The lowest BCUT2D eigenvalue weighted by Gasteiger charge is -2.32. The molecule has 3 aromatic rings. The van der Waals surface area contributed by atoms with Crippen molar-refractivity contribution in [3.8, 4) is 0 Å². The first-order chi connectivity index (χ1) is 16.2. The van der Waals surface area contributed by atoms with Gasteiger partial charge in [0.2, 0.25) is 11.8 Å². The predicted molar refractivity (Wildman–Crippen MR) is 131 cm³/mol. The van der Waals surface area contributed by atoms with Gasteiger partial charge in [0.05, 0.1) is 11.8 Å². The number of hydrogen-bond donors (Lipinski definition) is 1. The van der Waals surface area contributed by atoms with Gasteiger partial charge in [-0.2, -0.15) is 0 Å². The highest BCUT2D eigenvalue weighted by atomic mass is 16.2. The Morgan fingerprint density at radius 2 is 1.12 bits per heavy atom. The molecule has 2 atom stereocenters. The van der Waals surface area contributed by atoms with E-state index in [1.165, 1.54) is 0 Å². The maximum Gasteiger partial charge on any atom is 0.227 e. The quantitative estimate of drug-likeness (QED) is 0.497. The maximum absolute atomic E-state index is 13.8. The lowest BCUT2D eigenvalue weighted by atomic mass is 9.81. The molecule has 0 fully saturated rings. The third-order valence-electron chi connectivity index (χ3n) is 6.14.